The molecule has 0 radical (unpaired) electrons. The van der Waals surface area contributed by atoms with Gasteiger partial charge in [-0.2, -0.15) is 0 Å². The minimum atomic E-state index is -0.327. The van der Waals surface area contributed by atoms with Gasteiger partial charge in [-0.3, -0.25) is 9.59 Å². The maximum Gasteiger partial charge on any atom is 0.228 e. The minimum absolute atomic E-state index is 0.0580. The average molecular weight is 301 g/mol. The Morgan fingerprint density at radius 3 is 2.55 bits per heavy atom. The monoisotopic (exact) mass is 301 g/mol. The first-order valence-electron chi connectivity index (χ1n) is 7.85. The quantitative estimate of drug-likeness (QED) is 0.845. The molecule has 0 aliphatic heterocycles. The zero-order valence-corrected chi connectivity index (χ0v) is 12.6. The highest BCUT2D eigenvalue weighted by atomic mass is 19.1. The molecule has 22 heavy (non-hydrogen) atoms. The van der Waals surface area contributed by atoms with Crippen molar-refractivity contribution in [2.75, 3.05) is 5.32 Å². The fraction of sp³-hybridized carbons (Fsp3) is 0.444. The summed E-state index contributed by atoms with van der Waals surface area (Å²) in [5.41, 5.74) is 0.596. The number of nitrogens with one attached hydrogen (secondary N) is 1. The Kier molecular flexibility index (Phi) is 4.10. The molecule has 1 saturated carbocycles. The number of ketones is 1. The lowest BCUT2D eigenvalue weighted by Gasteiger charge is -2.26. The van der Waals surface area contributed by atoms with Crippen LogP contribution in [0, 0.1) is 29.5 Å². The van der Waals surface area contributed by atoms with Crippen LogP contribution in [0.15, 0.2) is 36.4 Å². The summed E-state index contributed by atoms with van der Waals surface area (Å²) < 4.78 is 12.9. The zero-order chi connectivity index (χ0) is 15.7. The van der Waals surface area contributed by atoms with E-state index in [2.05, 4.69) is 17.5 Å². The Balaban J connectivity index is 1.73. The third-order valence-corrected chi connectivity index (χ3v) is 4.89. The van der Waals surface area contributed by atoms with Gasteiger partial charge in [0, 0.05) is 24.4 Å². The molecule has 3 rings (SSSR count). The number of carbonyl (C=O) groups excluding carboxylic acids is 2. The predicted octanol–water partition coefficient (Wildman–Crippen LogP) is 3.57. The zero-order valence-electron chi connectivity index (χ0n) is 12.6. The largest absolute Gasteiger partial charge is 0.326 e. The number of fused-ring (bicyclic) bond motifs is 2. The fourth-order valence-electron chi connectivity index (χ4n) is 3.76. The van der Waals surface area contributed by atoms with E-state index in [4.69, 9.17) is 0 Å². The summed E-state index contributed by atoms with van der Waals surface area (Å²) >= 11 is 0. The lowest BCUT2D eigenvalue weighted by molar-refractivity contribution is -0.124. The van der Waals surface area contributed by atoms with Crippen LogP contribution in [0.5, 0.6) is 0 Å². The standard InChI is InChI=1S/C18H20FNO2/c1-2-15(21)10-16-11-3-4-12(9-11)17(16)18(22)20-14-7-5-13(19)6-8-14/h3-8,11-12,16-17H,2,9-10H2,1H3,(H,20,22). The number of hydrogen-bond acceptors (Lipinski definition) is 2. The second-order valence-corrected chi connectivity index (χ2v) is 6.23. The molecule has 3 nitrogen and oxygen atoms in total. The van der Waals surface area contributed by atoms with E-state index in [9.17, 15) is 14.0 Å². The molecule has 1 aromatic carbocycles. The van der Waals surface area contributed by atoms with Crippen LogP contribution < -0.4 is 5.32 Å². The maximum absolute atomic E-state index is 12.9. The Labute approximate surface area is 129 Å². The van der Waals surface area contributed by atoms with E-state index in [0.29, 0.717) is 24.4 Å². The van der Waals surface area contributed by atoms with Gasteiger partial charge in [-0.15, -0.1) is 0 Å². The first-order chi connectivity index (χ1) is 10.6. The summed E-state index contributed by atoms with van der Waals surface area (Å²) in [6, 6.07) is 5.77. The highest BCUT2D eigenvalue weighted by molar-refractivity contribution is 5.94. The normalized spacial score (nSPS) is 28.8. The Hall–Kier alpha value is -1.97. The topological polar surface area (TPSA) is 46.2 Å². The van der Waals surface area contributed by atoms with E-state index in [1.165, 1.54) is 12.1 Å². The van der Waals surface area contributed by atoms with Gasteiger partial charge in [0.2, 0.25) is 5.91 Å². The lowest BCUT2D eigenvalue weighted by Crippen LogP contribution is -2.33. The van der Waals surface area contributed by atoms with Gasteiger partial charge in [-0.05, 0) is 48.4 Å². The number of amides is 1. The second-order valence-electron chi connectivity index (χ2n) is 6.23. The van der Waals surface area contributed by atoms with Crippen LogP contribution in [0.4, 0.5) is 10.1 Å². The van der Waals surface area contributed by atoms with Gasteiger partial charge in [-0.1, -0.05) is 19.1 Å². The Bertz CT molecular complexity index is 608. The van der Waals surface area contributed by atoms with E-state index >= 15 is 0 Å². The molecule has 1 N–H and O–H groups in total. The number of allylic oxidation sites excluding steroid dienone is 2. The van der Waals surface area contributed by atoms with E-state index < -0.39 is 0 Å². The predicted molar refractivity (Wildman–Crippen MR) is 82.7 cm³/mol. The first-order valence-corrected chi connectivity index (χ1v) is 7.85. The molecule has 4 unspecified atom stereocenters. The molecule has 0 spiro atoms. The van der Waals surface area contributed by atoms with E-state index in [-0.39, 0.29) is 35.3 Å². The smallest absolute Gasteiger partial charge is 0.228 e. The first kappa shape index (κ1) is 14.9. The summed E-state index contributed by atoms with van der Waals surface area (Å²) in [6.45, 7) is 1.86. The summed E-state index contributed by atoms with van der Waals surface area (Å²) in [5, 5.41) is 2.87. The summed E-state index contributed by atoms with van der Waals surface area (Å²) in [7, 11) is 0. The molecule has 4 atom stereocenters. The third kappa shape index (κ3) is 2.82. The molecule has 2 bridgehead atoms. The van der Waals surface area contributed by atoms with Crippen LogP contribution >= 0.6 is 0 Å². The van der Waals surface area contributed by atoms with Crippen molar-refractivity contribution in [2.24, 2.45) is 23.7 Å². The highest BCUT2D eigenvalue weighted by Gasteiger charge is 2.48. The molecule has 1 amide bonds. The number of carbonyl (C=O) groups is 2. The van der Waals surface area contributed by atoms with Gasteiger partial charge in [0.15, 0.2) is 0 Å². The van der Waals surface area contributed by atoms with Gasteiger partial charge in [0.05, 0.1) is 0 Å². The second kappa shape index (κ2) is 6.03. The average Bonchev–Trinajstić information content (AvgIpc) is 3.10. The highest BCUT2D eigenvalue weighted by Crippen LogP contribution is 2.49. The Morgan fingerprint density at radius 1 is 1.18 bits per heavy atom. The number of hydrogen-bond donors (Lipinski definition) is 1. The van der Waals surface area contributed by atoms with Gasteiger partial charge in [0.1, 0.15) is 11.6 Å². The summed E-state index contributed by atoms with van der Waals surface area (Å²) in [5.74, 6) is 0.332. The van der Waals surface area contributed by atoms with Gasteiger partial charge in [-0.25, -0.2) is 4.39 Å². The fourth-order valence-corrected chi connectivity index (χ4v) is 3.76. The van der Waals surface area contributed by atoms with E-state index in [1.807, 2.05) is 6.92 Å². The molecule has 1 fully saturated rings. The molecule has 116 valence electrons. The van der Waals surface area contributed by atoms with Gasteiger partial charge < -0.3 is 5.32 Å². The van der Waals surface area contributed by atoms with E-state index in [1.54, 1.807) is 12.1 Å². The molecular weight excluding hydrogens is 281 g/mol. The summed E-state index contributed by atoms with van der Waals surface area (Å²) in [4.78, 5) is 24.4. The van der Waals surface area contributed by atoms with Crippen LogP contribution in [0.1, 0.15) is 26.2 Å². The van der Waals surface area contributed by atoms with Crippen molar-refractivity contribution in [3.05, 3.63) is 42.2 Å². The molecule has 1 aromatic rings. The van der Waals surface area contributed by atoms with Crippen molar-refractivity contribution in [1.82, 2.24) is 0 Å². The van der Waals surface area contributed by atoms with Crippen LogP contribution in [-0.4, -0.2) is 11.7 Å². The van der Waals surface area contributed by atoms with Crippen molar-refractivity contribution < 1.29 is 14.0 Å². The van der Waals surface area contributed by atoms with Crippen molar-refractivity contribution in [3.8, 4) is 0 Å². The van der Waals surface area contributed by atoms with E-state index in [0.717, 1.165) is 6.42 Å². The van der Waals surface area contributed by atoms with Gasteiger partial charge >= 0.3 is 0 Å². The number of anilines is 1. The molecular formula is C18H20FNO2. The molecule has 0 saturated heterocycles. The van der Waals surface area contributed by atoms with Crippen molar-refractivity contribution >= 4 is 17.4 Å². The van der Waals surface area contributed by atoms with Crippen molar-refractivity contribution in [1.29, 1.82) is 0 Å². The number of benzene rings is 1. The van der Waals surface area contributed by atoms with Crippen LogP contribution in [-0.2, 0) is 9.59 Å². The minimum Gasteiger partial charge on any atom is -0.326 e. The lowest BCUT2D eigenvalue weighted by atomic mass is 9.79. The molecule has 0 aromatic heterocycles. The van der Waals surface area contributed by atoms with Crippen LogP contribution in [0.3, 0.4) is 0 Å². The summed E-state index contributed by atoms with van der Waals surface area (Å²) in [6.07, 6.45) is 6.21. The number of rotatable bonds is 5. The van der Waals surface area contributed by atoms with Crippen molar-refractivity contribution in [3.63, 3.8) is 0 Å². The Morgan fingerprint density at radius 2 is 1.86 bits per heavy atom. The number of Topliss-reactive ketones (excluding diaryl/α,β-unsaturated/α-hetero) is 1. The van der Waals surface area contributed by atoms with Crippen LogP contribution in [0.25, 0.3) is 0 Å². The van der Waals surface area contributed by atoms with Crippen LogP contribution in [0.2, 0.25) is 0 Å². The maximum atomic E-state index is 12.9. The van der Waals surface area contributed by atoms with Gasteiger partial charge in [0.25, 0.3) is 0 Å². The molecule has 2 aliphatic carbocycles. The SMILES string of the molecule is CCC(=O)CC1C2C=CC(C2)C1C(=O)Nc1ccc(F)cc1. The van der Waals surface area contributed by atoms with Crippen molar-refractivity contribution in [2.45, 2.75) is 26.2 Å². The number of halogens is 1. The molecule has 0 heterocycles. The molecule has 4 heteroatoms. The molecule has 2 aliphatic rings. The third-order valence-electron chi connectivity index (χ3n) is 4.89.